The van der Waals surface area contributed by atoms with Crippen LogP contribution in [-0.2, 0) is 9.59 Å². The van der Waals surface area contributed by atoms with Crippen molar-refractivity contribution in [1.29, 1.82) is 0 Å². The molecule has 2 heterocycles. The molecule has 2 bridgehead atoms. The Kier molecular flexibility index (Phi) is 2.83. The first kappa shape index (κ1) is 13.8. The zero-order valence-electron chi connectivity index (χ0n) is 12.9. The number of carbonyl (C=O) groups excluding carboxylic acids is 2. The molecule has 1 saturated carbocycles. The highest BCUT2D eigenvalue weighted by molar-refractivity contribution is 6.06. The van der Waals surface area contributed by atoms with Crippen molar-refractivity contribution in [2.24, 2.45) is 28.8 Å². The van der Waals surface area contributed by atoms with E-state index in [1.165, 1.54) is 6.21 Å². The minimum Gasteiger partial charge on any atom is -0.454 e. The van der Waals surface area contributed by atoms with E-state index in [-0.39, 0.29) is 42.3 Å². The van der Waals surface area contributed by atoms with Crippen molar-refractivity contribution in [3.63, 3.8) is 0 Å². The molecule has 1 aromatic carbocycles. The Morgan fingerprint density at radius 3 is 2.33 bits per heavy atom. The molecule has 6 heteroatoms. The Morgan fingerprint density at radius 2 is 1.67 bits per heavy atom. The summed E-state index contributed by atoms with van der Waals surface area (Å²) in [7, 11) is 0. The maximum Gasteiger partial charge on any atom is 0.254 e. The van der Waals surface area contributed by atoms with Gasteiger partial charge in [0, 0.05) is 0 Å². The third kappa shape index (κ3) is 1.85. The Balaban J connectivity index is 1.42. The van der Waals surface area contributed by atoms with Gasteiger partial charge in [0.05, 0.1) is 18.1 Å². The summed E-state index contributed by atoms with van der Waals surface area (Å²) < 4.78 is 10.6. The van der Waals surface area contributed by atoms with Crippen molar-refractivity contribution in [2.45, 2.75) is 12.8 Å². The largest absolute Gasteiger partial charge is 0.454 e. The zero-order chi connectivity index (χ0) is 16.3. The summed E-state index contributed by atoms with van der Waals surface area (Å²) >= 11 is 0. The molecule has 0 unspecified atom stereocenters. The fourth-order valence-corrected chi connectivity index (χ4v) is 4.29. The number of allylic oxidation sites excluding steroid dienone is 2. The summed E-state index contributed by atoms with van der Waals surface area (Å²) in [4.78, 5) is 25.3. The van der Waals surface area contributed by atoms with Crippen molar-refractivity contribution in [1.82, 2.24) is 5.01 Å². The van der Waals surface area contributed by atoms with Crippen LogP contribution in [0.15, 0.2) is 35.5 Å². The second-order valence-electron chi connectivity index (χ2n) is 6.69. The summed E-state index contributed by atoms with van der Waals surface area (Å²) in [6.45, 7) is 0.207. The quantitative estimate of drug-likeness (QED) is 0.474. The number of hydrazone groups is 1. The molecule has 24 heavy (non-hydrogen) atoms. The van der Waals surface area contributed by atoms with Crippen LogP contribution in [0, 0.1) is 23.7 Å². The summed E-state index contributed by atoms with van der Waals surface area (Å²) in [5.41, 5.74) is 0.760. The van der Waals surface area contributed by atoms with Crippen LogP contribution in [0.25, 0.3) is 0 Å². The van der Waals surface area contributed by atoms with Crippen LogP contribution >= 0.6 is 0 Å². The molecule has 0 radical (unpaired) electrons. The van der Waals surface area contributed by atoms with E-state index in [4.69, 9.17) is 9.47 Å². The van der Waals surface area contributed by atoms with E-state index in [1.807, 2.05) is 6.07 Å². The molecule has 3 aliphatic carbocycles. The molecule has 4 atom stereocenters. The Hall–Kier alpha value is -2.63. The van der Waals surface area contributed by atoms with Crippen molar-refractivity contribution < 1.29 is 19.1 Å². The number of hydrogen-bond donors (Lipinski definition) is 0. The number of nitrogens with zero attached hydrogens (tertiary/aromatic N) is 2. The van der Waals surface area contributed by atoms with E-state index >= 15 is 0 Å². The molecule has 1 aromatic rings. The van der Waals surface area contributed by atoms with E-state index in [2.05, 4.69) is 17.3 Å². The van der Waals surface area contributed by atoms with E-state index in [0.717, 1.165) is 23.4 Å². The van der Waals surface area contributed by atoms with Crippen LogP contribution in [-0.4, -0.2) is 29.8 Å². The fourth-order valence-electron chi connectivity index (χ4n) is 4.29. The summed E-state index contributed by atoms with van der Waals surface area (Å²) in [6.07, 6.45) is 7.71. The predicted octanol–water partition coefficient (Wildman–Crippen LogP) is 1.95. The smallest absolute Gasteiger partial charge is 0.254 e. The minimum absolute atomic E-state index is 0.166. The molecule has 1 saturated heterocycles. The molecular weight excluding hydrogens is 308 g/mol. The van der Waals surface area contributed by atoms with Gasteiger partial charge < -0.3 is 9.47 Å². The van der Waals surface area contributed by atoms with Gasteiger partial charge >= 0.3 is 0 Å². The van der Waals surface area contributed by atoms with Crippen molar-refractivity contribution in [3.8, 4) is 11.5 Å². The maximum absolute atomic E-state index is 12.7. The van der Waals surface area contributed by atoms with Gasteiger partial charge in [0.25, 0.3) is 11.8 Å². The van der Waals surface area contributed by atoms with Crippen LogP contribution in [0.5, 0.6) is 11.5 Å². The molecule has 0 spiro atoms. The van der Waals surface area contributed by atoms with Gasteiger partial charge in [-0.15, -0.1) is 0 Å². The highest BCUT2D eigenvalue weighted by Crippen LogP contribution is 2.49. The molecular formula is C18H16N2O4. The average molecular weight is 324 g/mol. The number of ether oxygens (including phenoxy) is 2. The van der Waals surface area contributed by atoms with Gasteiger partial charge in [-0.25, -0.2) is 0 Å². The lowest BCUT2D eigenvalue weighted by Gasteiger charge is -2.37. The van der Waals surface area contributed by atoms with Gasteiger partial charge in [-0.05, 0) is 48.4 Å². The third-order valence-electron chi connectivity index (χ3n) is 5.45. The normalized spacial score (nSPS) is 32.9. The second-order valence-corrected chi connectivity index (χ2v) is 6.69. The van der Waals surface area contributed by atoms with Crippen LogP contribution in [0.2, 0.25) is 0 Å². The van der Waals surface area contributed by atoms with Gasteiger partial charge in [0.1, 0.15) is 0 Å². The highest BCUT2D eigenvalue weighted by atomic mass is 16.7. The lowest BCUT2D eigenvalue weighted by Crippen LogP contribution is -2.38. The van der Waals surface area contributed by atoms with E-state index < -0.39 is 0 Å². The fraction of sp³-hybridized carbons (Fsp3) is 0.389. The van der Waals surface area contributed by atoms with Gasteiger partial charge in [0.15, 0.2) is 11.5 Å². The number of imide groups is 1. The van der Waals surface area contributed by atoms with E-state index in [1.54, 1.807) is 12.1 Å². The van der Waals surface area contributed by atoms with E-state index in [0.29, 0.717) is 11.5 Å². The third-order valence-corrected chi connectivity index (χ3v) is 5.45. The Morgan fingerprint density at radius 1 is 1.00 bits per heavy atom. The van der Waals surface area contributed by atoms with E-state index in [9.17, 15) is 9.59 Å². The Labute approximate surface area is 138 Å². The van der Waals surface area contributed by atoms with Crippen molar-refractivity contribution in [3.05, 3.63) is 35.9 Å². The monoisotopic (exact) mass is 324 g/mol. The standard InChI is InChI=1S/C18H16N2O4/c21-17-15-11-2-3-12(5-4-11)16(15)18(22)20(17)19-8-10-1-6-13-14(7-10)24-9-23-13/h1-3,6-8,11-12,15-16H,4-5,9H2/b19-8-/t11-,12-,15-,16+/m0/s1. The van der Waals surface area contributed by atoms with Crippen LogP contribution in [0.4, 0.5) is 0 Å². The van der Waals surface area contributed by atoms with Crippen LogP contribution in [0.1, 0.15) is 18.4 Å². The van der Waals surface area contributed by atoms with Gasteiger partial charge in [-0.1, -0.05) is 12.2 Å². The molecule has 6 nitrogen and oxygen atoms in total. The first-order valence-corrected chi connectivity index (χ1v) is 8.22. The number of fused-ring (bicyclic) bond motifs is 2. The lowest BCUT2D eigenvalue weighted by molar-refractivity contribution is -0.140. The maximum atomic E-state index is 12.7. The molecule has 122 valence electrons. The number of hydrogen-bond acceptors (Lipinski definition) is 5. The second kappa shape index (κ2) is 4.93. The first-order chi connectivity index (χ1) is 11.7. The van der Waals surface area contributed by atoms with Gasteiger partial charge in [-0.2, -0.15) is 10.1 Å². The zero-order valence-corrected chi connectivity index (χ0v) is 12.9. The van der Waals surface area contributed by atoms with Gasteiger partial charge in [0.2, 0.25) is 6.79 Å². The first-order valence-electron chi connectivity index (χ1n) is 8.22. The average Bonchev–Trinajstić information content (AvgIpc) is 3.18. The van der Waals surface area contributed by atoms with Crippen molar-refractivity contribution in [2.75, 3.05) is 6.79 Å². The molecule has 0 N–H and O–H groups in total. The molecule has 2 fully saturated rings. The summed E-state index contributed by atoms with van der Waals surface area (Å²) in [5.74, 6) is 0.917. The topological polar surface area (TPSA) is 68.2 Å². The minimum atomic E-state index is -0.227. The van der Waals surface area contributed by atoms with Crippen LogP contribution in [0.3, 0.4) is 0 Å². The molecule has 5 aliphatic rings. The van der Waals surface area contributed by atoms with Gasteiger partial charge in [-0.3, -0.25) is 9.59 Å². The molecule has 0 aromatic heterocycles. The molecule has 2 amide bonds. The molecule has 6 rings (SSSR count). The highest BCUT2D eigenvalue weighted by Gasteiger charge is 2.56. The number of carbonyl (C=O) groups is 2. The summed E-state index contributed by atoms with van der Waals surface area (Å²) in [5, 5.41) is 5.25. The number of rotatable bonds is 2. The number of benzene rings is 1. The number of amides is 2. The molecule has 2 aliphatic heterocycles. The van der Waals surface area contributed by atoms with Crippen molar-refractivity contribution >= 4 is 18.0 Å². The summed E-state index contributed by atoms with van der Waals surface area (Å²) in [6, 6.07) is 5.40. The van der Waals surface area contributed by atoms with Crippen LogP contribution < -0.4 is 9.47 Å². The SMILES string of the molecule is O=C1[C@@H]2[C@H](C(=O)N1/N=C\c1ccc3c(c1)OCO3)[C@H]1C=C[C@H]2CC1. The predicted molar refractivity (Wildman–Crippen MR) is 84.3 cm³/mol. The Bertz CT molecular complexity index is 768. The lowest BCUT2D eigenvalue weighted by atomic mass is 9.63.